The van der Waals surface area contributed by atoms with E-state index in [1.54, 1.807) is 11.1 Å². The van der Waals surface area contributed by atoms with Gasteiger partial charge in [0.1, 0.15) is 0 Å². The summed E-state index contributed by atoms with van der Waals surface area (Å²) in [6.07, 6.45) is 2.00. The van der Waals surface area contributed by atoms with Crippen molar-refractivity contribution in [1.82, 2.24) is 0 Å². The van der Waals surface area contributed by atoms with E-state index in [4.69, 9.17) is 0 Å². The molecule has 22 heavy (non-hydrogen) atoms. The van der Waals surface area contributed by atoms with Gasteiger partial charge in [-0.05, 0) is 46.2 Å². The first kappa shape index (κ1) is 12.2. The number of hydrogen-bond donors (Lipinski definition) is 0. The second kappa shape index (κ2) is 4.10. The number of rotatable bonds is 0. The molecule has 2 bridgehead atoms. The van der Waals surface area contributed by atoms with Crippen LogP contribution in [0.5, 0.6) is 0 Å². The summed E-state index contributed by atoms with van der Waals surface area (Å²) in [5.41, 5.74) is 11.7. The van der Waals surface area contributed by atoms with Gasteiger partial charge in [0.15, 0.2) is 0 Å². The standard InChI is InChI=1S/C22H18/c1-13-11-19-20(12-14(13)2)22-17-9-5-3-7-15(17)21(19)16-8-4-6-10-18(16)22/h3-10,21-22H,1-2,11-12H2. The van der Waals surface area contributed by atoms with Crippen LogP contribution in [0.15, 0.2) is 84.0 Å². The predicted octanol–water partition coefficient (Wildman–Crippen LogP) is 5.48. The maximum absolute atomic E-state index is 4.25. The first-order valence-corrected chi connectivity index (χ1v) is 8.01. The van der Waals surface area contributed by atoms with Crippen molar-refractivity contribution >= 4 is 0 Å². The Morgan fingerprint density at radius 3 is 1.23 bits per heavy atom. The first-order valence-electron chi connectivity index (χ1n) is 8.01. The molecule has 6 rings (SSSR count). The number of allylic oxidation sites excluding steroid dienone is 4. The molecule has 0 N–H and O–H groups in total. The minimum atomic E-state index is 0.428. The summed E-state index contributed by atoms with van der Waals surface area (Å²) in [5, 5.41) is 0. The summed E-state index contributed by atoms with van der Waals surface area (Å²) in [5.74, 6) is 0.856. The third-order valence-electron chi connectivity index (χ3n) is 5.65. The predicted molar refractivity (Wildman–Crippen MR) is 91.1 cm³/mol. The Balaban J connectivity index is 1.84. The molecule has 0 aromatic heterocycles. The fourth-order valence-electron chi connectivity index (χ4n) is 4.67. The Labute approximate surface area is 131 Å². The molecule has 0 saturated carbocycles. The summed E-state index contributed by atoms with van der Waals surface area (Å²) in [4.78, 5) is 0. The minimum absolute atomic E-state index is 0.428. The second-order valence-corrected chi connectivity index (χ2v) is 6.73. The van der Waals surface area contributed by atoms with Crippen LogP contribution in [0.3, 0.4) is 0 Å². The van der Waals surface area contributed by atoms with Crippen LogP contribution in [0.25, 0.3) is 0 Å². The Morgan fingerprint density at radius 2 is 0.909 bits per heavy atom. The highest BCUT2D eigenvalue weighted by Gasteiger charge is 2.43. The van der Waals surface area contributed by atoms with Gasteiger partial charge in [-0.1, -0.05) is 72.8 Å². The SMILES string of the molecule is C=C1CC2=C(CC1=C)C1c3ccccc3C2c2ccccc21. The molecule has 0 amide bonds. The molecule has 4 aliphatic rings. The summed E-state index contributed by atoms with van der Waals surface area (Å²) in [7, 11) is 0. The molecule has 0 aliphatic heterocycles. The van der Waals surface area contributed by atoms with Crippen molar-refractivity contribution in [2.75, 3.05) is 0 Å². The average Bonchev–Trinajstić information content (AvgIpc) is 2.55. The van der Waals surface area contributed by atoms with E-state index in [-0.39, 0.29) is 0 Å². The second-order valence-electron chi connectivity index (χ2n) is 6.73. The molecule has 2 aromatic carbocycles. The van der Waals surface area contributed by atoms with Gasteiger partial charge in [-0.25, -0.2) is 0 Å². The molecular formula is C22H18. The van der Waals surface area contributed by atoms with Gasteiger partial charge >= 0.3 is 0 Å². The molecule has 0 nitrogen and oxygen atoms in total. The molecule has 106 valence electrons. The van der Waals surface area contributed by atoms with Crippen LogP contribution in [-0.2, 0) is 0 Å². The zero-order valence-corrected chi connectivity index (χ0v) is 12.6. The van der Waals surface area contributed by atoms with Crippen LogP contribution in [0, 0.1) is 0 Å². The highest BCUT2D eigenvalue weighted by molar-refractivity contribution is 5.68. The van der Waals surface area contributed by atoms with Crippen LogP contribution in [0.1, 0.15) is 46.9 Å². The van der Waals surface area contributed by atoms with Crippen molar-refractivity contribution in [3.63, 3.8) is 0 Å². The molecule has 0 radical (unpaired) electrons. The Bertz CT molecular complexity index is 759. The number of hydrogen-bond acceptors (Lipinski definition) is 0. The van der Waals surface area contributed by atoms with Crippen molar-refractivity contribution in [1.29, 1.82) is 0 Å². The van der Waals surface area contributed by atoms with Gasteiger partial charge in [-0.2, -0.15) is 0 Å². The van der Waals surface area contributed by atoms with E-state index in [2.05, 4.69) is 61.7 Å². The third kappa shape index (κ3) is 1.38. The minimum Gasteiger partial charge on any atom is -0.0952 e. The molecule has 0 heterocycles. The Hall–Kier alpha value is -2.34. The number of benzene rings is 2. The van der Waals surface area contributed by atoms with E-state index in [9.17, 15) is 0 Å². The molecule has 0 atom stereocenters. The smallest absolute Gasteiger partial charge is 0.0311 e. The van der Waals surface area contributed by atoms with E-state index >= 15 is 0 Å². The van der Waals surface area contributed by atoms with Crippen LogP contribution in [0.4, 0.5) is 0 Å². The van der Waals surface area contributed by atoms with Crippen LogP contribution in [0.2, 0.25) is 0 Å². The molecule has 0 unspecified atom stereocenters. The van der Waals surface area contributed by atoms with Crippen molar-refractivity contribution in [3.05, 3.63) is 106 Å². The molecule has 0 spiro atoms. The van der Waals surface area contributed by atoms with Gasteiger partial charge in [0, 0.05) is 11.8 Å². The molecule has 2 aromatic rings. The quantitative estimate of drug-likeness (QED) is 0.561. The van der Waals surface area contributed by atoms with Gasteiger partial charge in [-0.15, -0.1) is 0 Å². The molecule has 4 aliphatic carbocycles. The van der Waals surface area contributed by atoms with Gasteiger partial charge in [0.25, 0.3) is 0 Å². The van der Waals surface area contributed by atoms with Crippen molar-refractivity contribution in [2.45, 2.75) is 24.7 Å². The van der Waals surface area contributed by atoms with E-state index in [1.807, 2.05) is 0 Å². The average molecular weight is 282 g/mol. The zero-order valence-electron chi connectivity index (χ0n) is 12.6. The van der Waals surface area contributed by atoms with Crippen LogP contribution < -0.4 is 0 Å². The van der Waals surface area contributed by atoms with Gasteiger partial charge in [-0.3, -0.25) is 0 Å². The monoisotopic (exact) mass is 282 g/mol. The lowest BCUT2D eigenvalue weighted by molar-refractivity contribution is 0.673. The summed E-state index contributed by atoms with van der Waals surface area (Å²) < 4.78 is 0. The van der Waals surface area contributed by atoms with Gasteiger partial charge in [0.2, 0.25) is 0 Å². The van der Waals surface area contributed by atoms with E-state index in [0.29, 0.717) is 11.8 Å². The van der Waals surface area contributed by atoms with Crippen LogP contribution >= 0.6 is 0 Å². The van der Waals surface area contributed by atoms with Crippen molar-refractivity contribution < 1.29 is 0 Å². The Morgan fingerprint density at radius 1 is 0.591 bits per heavy atom. The zero-order chi connectivity index (χ0) is 14.8. The van der Waals surface area contributed by atoms with Gasteiger partial charge in [0.05, 0.1) is 0 Å². The topological polar surface area (TPSA) is 0 Å². The molecule has 0 saturated heterocycles. The van der Waals surface area contributed by atoms with E-state index in [1.165, 1.54) is 33.4 Å². The highest BCUT2D eigenvalue weighted by atomic mass is 14.5. The summed E-state index contributed by atoms with van der Waals surface area (Å²) >= 11 is 0. The van der Waals surface area contributed by atoms with E-state index in [0.717, 1.165) is 12.8 Å². The summed E-state index contributed by atoms with van der Waals surface area (Å²) in [6.45, 7) is 8.50. The lowest BCUT2D eigenvalue weighted by atomic mass is 9.57. The third-order valence-corrected chi connectivity index (χ3v) is 5.65. The fourth-order valence-corrected chi connectivity index (χ4v) is 4.67. The van der Waals surface area contributed by atoms with E-state index < -0.39 is 0 Å². The highest BCUT2D eigenvalue weighted by Crippen LogP contribution is 2.59. The fraction of sp³-hybridized carbons (Fsp3) is 0.182. The van der Waals surface area contributed by atoms with Crippen molar-refractivity contribution in [2.24, 2.45) is 0 Å². The molecular weight excluding hydrogens is 264 g/mol. The normalized spacial score (nSPS) is 24.9. The lowest BCUT2D eigenvalue weighted by Crippen LogP contribution is -2.30. The summed E-state index contributed by atoms with van der Waals surface area (Å²) in [6, 6.07) is 18.0. The molecule has 0 heteroatoms. The maximum atomic E-state index is 4.25. The largest absolute Gasteiger partial charge is 0.0952 e. The first-order chi connectivity index (χ1) is 10.8. The maximum Gasteiger partial charge on any atom is 0.0311 e. The Kier molecular flexibility index (Phi) is 2.28. The van der Waals surface area contributed by atoms with Crippen molar-refractivity contribution in [3.8, 4) is 0 Å². The lowest BCUT2D eigenvalue weighted by Gasteiger charge is -2.46. The van der Waals surface area contributed by atoms with Gasteiger partial charge < -0.3 is 0 Å². The van der Waals surface area contributed by atoms with Crippen LogP contribution in [-0.4, -0.2) is 0 Å². The molecule has 0 fully saturated rings.